The van der Waals surface area contributed by atoms with Gasteiger partial charge >= 0.3 is 0 Å². The molecule has 0 bridgehead atoms. The second kappa shape index (κ2) is 9.15. The molecule has 4 aromatic rings. The van der Waals surface area contributed by atoms with E-state index in [0.717, 1.165) is 29.0 Å². The number of sulfone groups is 1. The Morgan fingerprint density at radius 1 is 1.03 bits per heavy atom. The average Bonchev–Trinajstić information content (AvgIpc) is 3.64. The first-order chi connectivity index (χ1) is 17.5. The number of hydrogen-bond donors (Lipinski definition) is 0. The van der Waals surface area contributed by atoms with Gasteiger partial charge < -0.3 is 0 Å². The molecule has 1 aliphatic carbocycles. The first-order valence-electron chi connectivity index (χ1n) is 11.5. The number of aromatic nitrogens is 3. The van der Waals surface area contributed by atoms with Crippen LogP contribution in [0, 0.1) is 25.5 Å². The number of rotatable bonds is 5. The summed E-state index contributed by atoms with van der Waals surface area (Å²) in [6.45, 7) is 3.24. The van der Waals surface area contributed by atoms with Crippen LogP contribution in [0.2, 0.25) is 5.02 Å². The van der Waals surface area contributed by atoms with Crippen LogP contribution < -0.4 is 5.56 Å². The minimum atomic E-state index is -3.90. The van der Waals surface area contributed by atoms with E-state index in [9.17, 15) is 13.2 Å². The van der Waals surface area contributed by atoms with E-state index in [1.165, 1.54) is 18.3 Å². The molecule has 5 rings (SSSR count). The van der Waals surface area contributed by atoms with Crippen LogP contribution in [0.1, 0.15) is 40.8 Å². The Balaban J connectivity index is 1.63. The van der Waals surface area contributed by atoms with E-state index in [-0.39, 0.29) is 28.1 Å². The maximum atomic E-state index is 16.0. The molecule has 1 aromatic carbocycles. The lowest BCUT2D eigenvalue weighted by atomic mass is 10.1. The Morgan fingerprint density at radius 3 is 2.46 bits per heavy atom. The summed E-state index contributed by atoms with van der Waals surface area (Å²) in [5, 5.41) is -0.0172. The SMILES string of the molecule is Cc1cnc(-c2cccc(S(C)(=O)=O)c2F)c(F)c1-n1c(C)cc([C@H]2C[C@@H]2c2ccccn2)c(Cl)c1=O. The predicted molar refractivity (Wildman–Crippen MR) is 137 cm³/mol. The molecule has 1 saturated carbocycles. The van der Waals surface area contributed by atoms with Crippen molar-refractivity contribution in [2.75, 3.05) is 6.26 Å². The van der Waals surface area contributed by atoms with Crippen LogP contribution in [0.3, 0.4) is 0 Å². The van der Waals surface area contributed by atoms with Crippen molar-refractivity contribution in [3.05, 3.63) is 104 Å². The van der Waals surface area contributed by atoms with Gasteiger partial charge in [0.25, 0.3) is 5.56 Å². The van der Waals surface area contributed by atoms with Gasteiger partial charge in [0.15, 0.2) is 21.5 Å². The number of benzene rings is 1. The van der Waals surface area contributed by atoms with E-state index in [1.807, 2.05) is 18.2 Å². The van der Waals surface area contributed by atoms with Crippen LogP contribution >= 0.6 is 11.6 Å². The Hall–Kier alpha value is -3.43. The number of nitrogens with zero attached hydrogens (tertiary/aromatic N) is 3. The zero-order valence-electron chi connectivity index (χ0n) is 20.2. The second-order valence-corrected chi connectivity index (χ2v) is 11.6. The minimum absolute atomic E-state index is 0.0172. The van der Waals surface area contributed by atoms with E-state index in [4.69, 9.17) is 11.6 Å². The zero-order valence-corrected chi connectivity index (χ0v) is 21.7. The molecular weight excluding hydrogens is 520 g/mol. The summed E-state index contributed by atoms with van der Waals surface area (Å²) in [6.07, 6.45) is 4.69. The van der Waals surface area contributed by atoms with E-state index in [2.05, 4.69) is 9.97 Å². The molecule has 2 atom stereocenters. The monoisotopic (exact) mass is 541 g/mol. The standard InChI is InChI=1S/C27H22ClF2N3O3S/c1-14-13-32-25(16-7-6-9-21(23(16)29)37(3,35)36)24(30)26(14)33-15(2)11-19(22(28)27(33)34)17-12-18(17)20-8-4-5-10-31-20/h4-11,13,17-18H,12H2,1-3H3/t17-,18-/m0/s1. The van der Waals surface area contributed by atoms with Crippen molar-refractivity contribution in [2.24, 2.45) is 0 Å². The first-order valence-corrected chi connectivity index (χ1v) is 13.7. The number of halogens is 3. The van der Waals surface area contributed by atoms with Crippen molar-refractivity contribution in [3.63, 3.8) is 0 Å². The lowest BCUT2D eigenvalue weighted by molar-refractivity contribution is 0.569. The topological polar surface area (TPSA) is 81.9 Å². The highest BCUT2D eigenvalue weighted by Gasteiger charge is 2.42. The van der Waals surface area contributed by atoms with Crippen molar-refractivity contribution < 1.29 is 17.2 Å². The largest absolute Gasteiger partial charge is 0.277 e. The minimum Gasteiger partial charge on any atom is -0.277 e. The van der Waals surface area contributed by atoms with E-state index in [0.29, 0.717) is 16.8 Å². The molecule has 3 aromatic heterocycles. The van der Waals surface area contributed by atoms with Gasteiger partial charge in [0.05, 0.1) is 5.69 Å². The molecule has 0 N–H and O–H groups in total. The lowest BCUT2D eigenvalue weighted by Gasteiger charge is -2.18. The van der Waals surface area contributed by atoms with Crippen LogP contribution in [-0.4, -0.2) is 29.2 Å². The Bertz CT molecular complexity index is 1720. The normalized spacial score (nSPS) is 17.1. The molecule has 1 fully saturated rings. The Labute approximate surface area is 217 Å². The highest BCUT2D eigenvalue weighted by Crippen LogP contribution is 2.55. The van der Waals surface area contributed by atoms with Gasteiger partial charge in [-0.25, -0.2) is 17.2 Å². The molecule has 190 valence electrons. The van der Waals surface area contributed by atoms with Gasteiger partial charge in [0, 0.05) is 41.5 Å². The quantitative estimate of drug-likeness (QED) is 0.332. The van der Waals surface area contributed by atoms with Gasteiger partial charge in [0.1, 0.15) is 15.6 Å². The van der Waals surface area contributed by atoms with E-state index >= 15 is 8.78 Å². The van der Waals surface area contributed by atoms with Gasteiger partial charge in [-0.3, -0.25) is 19.3 Å². The van der Waals surface area contributed by atoms with Gasteiger partial charge in [0.2, 0.25) is 0 Å². The van der Waals surface area contributed by atoms with Crippen molar-refractivity contribution in [1.82, 2.24) is 14.5 Å². The third kappa shape index (κ3) is 4.36. The summed E-state index contributed by atoms with van der Waals surface area (Å²) in [4.78, 5) is 21.3. The Morgan fingerprint density at radius 2 is 1.78 bits per heavy atom. The molecule has 0 saturated heterocycles. The van der Waals surface area contributed by atoms with E-state index < -0.39 is 37.6 Å². The highest BCUT2D eigenvalue weighted by atomic mass is 35.5. The van der Waals surface area contributed by atoms with Gasteiger partial charge in [-0.15, -0.1) is 0 Å². The summed E-state index contributed by atoms with van der Waals surface area (Å²) in [7, 11) is -3.90. The molecule has 0 amide bonds. The number of aryl methyl sites for hydroxylation is 2. The van der Waals surface area contributed by atoms with Crippen LogP contribution in [0.15, 0.2) is 64.5 Å². The molecule has 0 radical (unpaired) electrons. The summed E-state index contributed by atoms with van der Waals surface area (Å²) < 4.78 is 56.2. The molecular formula is C27H22ClF2N3O3S. The van der Waals surface area contributed by atoms with E-state index in [1.54, 1.807) is 26.1 Å². The fourth-order valence-corrected chi connectivity index (χ4v) is 5.79. The maximum absolute atomic E-state index is 16.0. The third-order valence-corrected chi connectivity index (χ3v) is 8.13. The average molecular weight is 542 g/mol. The van der Waals surface area contributed by atoms with Crippen LogP contribution in [-0.2, 0) is 9.84 Å². The smallest absolute Gasteiger partial charge is 0.274 e. The maximum Gasteiger partial charge on any atom is 0.274 e. The fourth-order valence-electron chi connectivity index (χ4n) is 4.75. The number of pyridine rings is 3. The molecule has 1 aliphatic rings. The number of hydrogen-bond acceptors (Lipinski definition) is 5. The zero-order chi connectivity index (χ0) is 26.6. The van der Waals surface area contributed by atoms with Crippen LogP contribution in [0.25, 0.3) is 16.9 Å². The molecule has 37 heavy (non-hydrogen) atoms. The molecule has 3 heterocycles. The second-order valence-electron chi connectivity index (χ2n) is 9.24. The summed E-state index contributed by atoms with van der Waals surface area (Å²) in [5.74, 6) is -1.91. The van der Waals surface area contributed by atoms with Gasteiger partial charge in [-0.2, -0.15) is 0 Å². The van der Waals surface area contributed by atoms with Crippen molar-refractivity contribution in [2.45, 2.75) is 37.0 Å². The van der Waals surface area contributed by atoms with Gasteiger partial charge in [-0.1, -0.05) is 23.7 Å². The third-order valence-electron chi connectivity index (χ3n) is 6.64. The summed E-state index contributed by atoms with van der Waals surface area (Å²) in [5.41, 5.74) is 0.904. The molecule has 6 nitrogen and oxygen atoms in total. The van der Waals surface area contributed by atoms with Crippen molar-refractivity contribution in [3.8, 4) is 16.9 Å². The first kappa shape index (κ1) is 25.2. The fraction of sp³-hybridized carbons (Fsp3) is 0.222. The van der Waals surface area contributed by atoms with Crippen molar-refractivity contribution in [1.29, 1.82) is 0 Å². The predicted octanol–water partition coefficient (Wildman–Crippen LogP) is 5.52. The van der Waals surface area contributed by atoms with Crippen LogP contribution in [0.5, 0.6) is 0 Å². The van der Waals surface area contributed by atoms with Crippen molar-refractivity contribution >= 4 is 21.4 Å². The Kier molecular flexibility index (Phi) is 6.24. The van der Waals surface area contributed by atoms with Gasteiger partial charge in [-0.05, 0) is 67.6 Å². The summed E-state index contributed by atoms with van der Waals surface area (Å²) >= 11 is 6.55. The highest BCUT2D eigenvalue weighted by molar-refractivity contribution is 7.90. The lowest BCUT2D eigenvalue weighted by Crippen LogP contribution is -2.24. The molecule has 0 spiro atoms. The summed E-state index contributed by atoms with van der Waals surface area (Å²) in [6, 6.07) is 11.1. The molecule has 10 heteroatoms. The molecule has 0 aliphatic heterocycles. The van der Waals surface area contributed by atoms with Crippen LogP contribution in [0.4, 0.5) is 8.78 Å². The molecule has 0 unspecified atom stereocenters.